The molecule has 1 saturated heterocycles. The maximum atomic E-state index is 11.1. The van der Waals surface area contributed by atoms with E-state index in [0.29, 0.717) is 19.7 Å². The molecule has 1 amide bonds. The fourth-order valence-corrected chi connectivity index (χ4v) is 3.13. The Morgan fingerprint density at radius 3 is 2.73 bits per heavy atom. The summed E-state index contributed by atoms with van der Waals surface area (Å²) in [6, 6.07) is 17.9. The molecule has 3 rings (SSSR count). The number of carbonyl (C=O) groups is 1. The van der Waals surface area contributed by atoms with Crippen LogP contribution in [0.3, 0.4) is 0 Å². The van der Waals surface area contributed by atoms with Crippen LogP contribution in [0.15, 0.2) is 59.6 Å². The highest BCUT2D eigenvalue weighted by Gasteiger charge is 2.29. The molecule has 0 saturated carbocycles. The van der Waals surface area contributed by atoms with Gasteiger partial charge < -0.3 is 14.7 Å². The molecule has 136 valence electrons. The van der Waals surface area contributed by atoms with Crippen LogP contribution in [-0.4, -0.2) is 41.4 Å². The second-order valence-electron chi connectivity index (χ2n) is 6.61. The van der Waals surface area contributed by atoms with Crippen molar-refractivity contribution in [3.63, 3.8) is 0 Å². The van der Waals surface area contributed by atoms with E-state index in [1.54, 1.807) is 0 Å². The van der Waals surface area contributed by atoms with Crippen LogP contribution >= 0.6 is 0 Å². The van der Waals surface area contributed by atoms with Crippen molar-refractivity contribution in [2.24, 2.45) is 10.9 Å². The molecule has 0 radical (unpaired) electrons. The number of para-hydroxylation sites is 1. The highest BCUT2D eigenvalue weighted by molar-refractivity contribution is 5.83. The quantitative estimate of drug-likeness (QED) is 0.797. The van der Waals surface area contributed by atoms with E-state index in [-0.39, 0.29) is 12.0 Å². The van der Waals surface area contributed by atoms with Crippen LogP contribution in [0.5, 0.6) is 5.75 Å². The molecule has 2 aromatic carbocycles. The SMILES string of the molecule is CC(N=Cc1ccccc1OCc1ccccc1)C1CCN(C(=O)O)C1. The van der Waals surface area contributed by atoms with E-state index in [0.717, 1.165) is 23.3 Å². The fraction of sp³-hybridized carbons (Fsp3) is 0.333. The number of carboxylic acid groups (broad SMARTS) is 1. The van der Waals surface area contributed by atoms with Gasteiger partial charge in [0.1, 0.15) is 12.4 Å². The van der Waals surface area contributed by atoms with E-state index in [1.165, 1.54) is 4.90 Å². The first kappa shape index (κ1) is 18.0. The van der Waals surface area contributed by atoms with Crippen LogP contribution in [0.1, 0.15) is 24.5 Å². The standard InChI is InChI=1S/C21H24N2O3/c1-16(19-11-12-23(14-19)21(24)25)22-13-18-9-5-6-10-20(18)26-15-17-7-3-2-4-8-17/h2-10,13,16,19H,11-12,14-15H2,1H3,(H,24,25). The minimum absolute atomic E-state index is 0.0709. The lowest BCUT2D eigenvalue weighted by Crippen LogP contribution is -2.28. The van der Waals surface area contributed by atoms with Crippen molar-refractivity contribution < 1.29 is 14.6 Å². The molecule has 5 nitrogen and oxygen atoms in total. The largest absolute Gasteiger partial charge is 0.488 e. The lowest BCUT2D eigenvalue weighted by Gasteiger charge is -2.16. The van der Waals surface area contributed by atoms with Gasteiger partial charge >= 0.3 is 6.09 Å². The number of nitrogens with zero attached hydrogens (tertiary/aromatic N) is 2. The first-order valence-electron chi connectivity index (χ1n) is 8.90. The molecule has 1 heterocycles. The van der Waals surface area contributed by atoms with Gasteiger partial charge in [0.25, 0.3) is 0 Å². The van der Waals surface area contributed by atoms with Crippen molar-refractivity contribution in [3.05, 3.63) is 65.7 Å². The van der Waals surface area contributed by atoms with Crippen LogP contribution in [0.25, 0.3) is 0 Å². The van der Waals surface area contributed by atoms with Gasteiger partial charge in [-0.1, -0.05) is 42.5 Å². The van der Waals surface area contributed by atoms with Crippen molar-refractivity contribution in [3.8, 4) is 5.75 Å². The summed E-state index contributed by atoms with van der Waals surface area (Å²) in [5.41, 5.74) is 2.05. The van der Waals surface area contributed by atoms with Crippen LogP contribution in [0.4, 0.5) is 4.79 Å². The maximum Gasteiger partial charge on any atom is 0.407 e. The van der Waals surface area contributed by atoms with Crippen molar-refractivity contribution in [2.45, 2.75) is 26.0 Å². The van der Waals surface area contributed by atoms with Gasteiger partial charge in [-0.2, -0.15) is 0 Å². The van der Waals surface area contributed by atoms with Gasteiger partial charge in [0.15, 0.2) is 0 Å². The zero-order valence-corrected chi connectivity index (χ0v) is 14.9. The second kappa shape index (κ2) is 8.52. The number of rotatable bonds is 6. The highest BCUT2D eigenvalue weighted by Crippen LogP contribution is 2.23. The molecule has 0 bridgehead atoms. The smallest absolute Gasteiger partial charge is 0.407 e. The predicted octanol–water partition coefficient (Wildman–Crippen LogP) is 4.07. The van der Waals surface area contributed by atoms with Crippen molar-refractivity contribution in [1.29, 1.82) is 0 Å². The average molecular weight is 352 g/mol. The topological polar surface area (TPSA) is 62.1 Å². The molecule has 0 aromatic heterocycles. The molecule has 1 N–H and O–H groups in total. The number of ether oxygens (including phenoxy) is 1. The molecule has 26 heavy (non-hydrogen) atoms. The van der Waals surface area contributed by atoms with E-state index in [9.17, 15) is 4.79 Å². The zero-order valence-electron chi connectivity index (χ0n) is 14.9. The third-order valence-corrected chi connectivity index (χ3v) is 4.78. The number of benzene rings is 2. The Kier molecular flexibility index (Phi) is 5.89. The molecule has 0 aliphatic carbocycles. The molecule has 2 unspecified atom stereocenters. The highest BCUT2D eigenvalue weighted by atomic mass is 16.5. The van der Waals surface area contributed by atoms with Gasteiger partial charge in [0.05, 0.1) is 6.04 Å². The number of hydrogen-bond acceptors (Lipinski definition) is 3. The molecular formula is C21H24N2O3. The number of hydrogen-bond donors (Lipinski definition) is 1. The Hall–Kier alpha value is -2.82. The lowest BCUT2D eigenvalue weighted by molar-refractivity contribution is 0.153. The Morgan fingerprint density at radius 2 is 2.00 bits per heavy atom. The minimum atomic E-state index is -0.844. The number of amides is 1. The van der Waals surface area contributed by atoms with E-state index in [4.69, 9.17) is 9.84 Å². The Labute approximate surface area is 153 Å². The van der Waals surface area contributed by atoms with Crippen LogP contribution in [-0.2, 0) is 6.61 Å². The molecule has 1 fully saturated rings. The van der Waals surface area contributed by atoms with Gasteiger partial charge in [-0.15, -0.1) is 0 Å². The van der Waals surface area contributed by atoms with Crippen LogP contribution < -0.4 is 4.74 Å². The summed E-state index contributed by atoms with van der Waals surface area (Å²) in [7, 11) is 0. The van der Waals surface area contributed by atoms with E-state index >= 15 is 0 Å². The summed E-state index contributed by atoms with van der Waals surface area (Å²) in [4.78, 5) is 17.2. The van der Waals surface area contributed by atoms with Crippen molar-refractivity contribution in [2.75, 3.05) is 13.1 Å². The predicted molar refractivity (Wildman–Crippen MR) is 102 cm³/mol. The second-order valence-corrected chi connectivity index (χ2v) is 6.61. The zero-order chi connectivity index (χ0) is 18.4. The Balaban J connectivity index is 1.62. The molecule has 1 aliphatic heterocycles. The minimum Gasteiger partial charge on any atom is -0.488 e. The van der Waals surface area contributed by atoms with Gasteiger partial charge in [0.2, 0.25) is 0 Å². The molecule has 1 aliphatic rings. The van der Waals surface area contributed by atoms with E-state index in [1.807, 2.05) is 67.7 Å². The first-order chi connectivity index (χ1) is 12.6. The van der Waals surface area contributed by atoms with Gasteiger partial charge in [-0.05, 0) is 31.0 Å². The van der Waals surface area contributed by atoms with Crippen molar-refractivity contribution in [1.82, 2.24) is 4.90 Å². The van der Waals surface area contributed by atoms with Gasteiger partial charge in [-0.25, -0.2) is 4.79 Å². The third kappa shape index (κ3) is 4.63. The normalized spacial score (nSPS) is 18.2. The van der Waals surface area contributed by atoms with Crippen LogP contribution in [0, 0.1) is 5.92 Å². The molecule has 0 spiro atoms. The first-order valence-corrected chi connectivity index (χ1v) is 8.90. The molecule has 5 heteroatoms. The van der Waals surface area contributed by atoms with Gasteiger partial charge in [0, 0.05) is 30.8 Å². The fourth-order valence-electron chi connectivity index (χ4n) is 3.13. The third-order valence-electron chi connectivity index (χ3n) is 4.78. The maximum absolute atomic E-state index is 11.1. The molecule has 2 atom stereocenters. The summed E-state index contributed by atoms with van der Waals surface area (Å²) in [6.45, 7) is 3.70. The summed E-state index contributed by atoms with van der Waals surface area (Å²) >= 11 is 0. The Bertz CT molecular complexity index is 761. The number of aliphatic imine (C=N–C) groups is 1. The van der Waals surface area contributed by atoms with E-state index < -0.39 is 6.09 Å². The van der Waals surface area contributed by atoms with Gasteiger partial charge in [-0.3, -0.25) is 4.99 Å². The summed E-state index contributed by atoms with van der Waals surface area (Å²) in [5.74, 6) is 1.06. The number of likely N-dealkylation sites (tertiary alicyclic amines) is 1. The summed E-state index contributed by atoms with van der Waals surface area (Å²) < 4.78 is 5.95. The lowest BCUT2D eigenvalue weighted by atomic mass is 10.0. The Morgan fingerprint density at radius 1 is 1.27 bits per heavy atom. The molecular weight excluding hydrogens is 328 g/mol. The van der Waals surface area contributed by atoms with Crippen LogP contribution in [0.2, 0.25) is 0 Å². The summed E-state index contributed by atoms with van der Waals surface area (Å²) in [5, 5.41) is 9.08. The average Bonchev–Trinajstić information content (AvgIpc) is 3.16. The summed E-state index contributed by atoms with van der Waals surface area (Å²) in [6.07, 6.45) is 1.86. The molecule has 2 aromatic rings. The monoisotopic (exact) mass is 352 g/mol. The van der Waals surface area contributed by atoms with E-state index in [2.05, 4.69) is 4.99 Å². The van der Waals surface area contributed by atoms with Crippen molar-refractivity contribution >= 4 is 12.3 Å².